The van der Waals surface area contributed by atoms with E-state index in [1.54, 1.807) is 45.0 Å². The van der Waals surface area contributed by atoms with Gasteiger partial charge in [-0.15, -0.1) is 0 Å². The largest absolute Gasteiger partial charge is 0.471 e. The number of aryl methyl sites for hydroxylation is 1. The summed E-state index contributed by atoms with van der Waals surface area (Å²) in [6.45, 7) is 5.24. The molecule has 5 atom stereocenters. The molecule has 3 aromatic rings. The highest BCUT2D eigenvalue weighted by atomic mass is 32.2. The van der Waals surface area contributed by atoms with Crippen LogP contribution in [0.4, 0.5) is 8.78 Å². The van der Waals surface area contributed by atoms with Crippen LogP contribution in [-0.2, 0) is 30.3 Å². The standard InChI is InChI=1S/C38H45F2N7O8S/c1-21-22(2)55-45-29(21)32(49)42-27-15-9-7-5-6-8-12-23-19-38(23,35(51)46-56(52,53)36(3)16-17-36)44-31(48)28-18-24(20-47(28)34(27)50)54-33-30(37(4,39)40)41-25-13-10-11-14-26(25)43-33/h8,10-14,23-24,27-28H,5-7,9,15-20H2,1-4H3,(H,42,49)(H,44,48)(H,46,51). The first-order valence-electron chi connectivity index (χ1n) is 18.8. The van der Waals surface area contributed by atoms with Crippen LogP contribution in [0, 0.1) is 19.8 Å². The number of ether oxygens (including phenoxy) is 1. The third-order valence-corrected chi connectivity index (χ3v) is 13.5. The fourth-order valence-corrected chi connectivity index (χ4v) is 8.62. The Hall–Kier alpha value is -5.00. The van der Waals surface area contributed by atoms with Gasteiger partial charge in [0, 0.05) is 24.8 Å². The lowest BCUT2D eigenvalue weighted by molar-refractivity contribution is -0.141. The van der Waals surface area contributed by atoms with Crippen molar-refractivity contribution < 1.29 is 45.6 Å². The second kappa shape index (κ2) is 14.5. The van der Waals surface area contributed by atoms with E-state index >= 15 is 0 Å². The zero-order valence-electron chi connectivity index (χ0n) is 31.6. The average Bonchev–Trinajstić information content (AvgIpc) is 3.97. The van der Waals surface area contributed by atoms with Crippen molar-refractivity contribution in [3.63, 3.8) is 0 Å². The minimum atomic E-state index is -4.06. The number of carbonyl (C=O) groups excluding carboxylic acids is 4. The Kier molecular flexibility index (Phi) is 10.2. The van der Waals surface area contributed by atoms with Gasteiger partial charge in [-0.25, -0.2) is 18.4 Å². The summed E-state index contributed by atoms with van der Waals surface area (Å²) in [5, 5.41) is 9.41. The molecule has 15 nitrogen and oxygen atoms in total. The van der Waals surface area contributed by atoms with E-state index in [1.807, 2.05) is 6.08 Å². The number of allylic oxidation sites excluding steroid dienone is 1. The second-order valence-corrected chi connectivity index (χ2v) is 17.9. The summed E-state index contributed by atoms with van der Waals surface area (Å²) in [7, 11) is -4.06. The van der Waals surface area contributed by atoms with Crippen molar-refractivity contribution in [1.29, 1.82) is 0 Å². The van der Waals surface area contributed by atoms with Gasteiger partial charge in [0.05, 0.1) is 22.3 Å². The van der Waals surface area contributed by atoms with Crippen molar-refractivity contribution in [3.8, 4) is 5.88 Å². The molecule has 2 aromatic heterocycles. The summed E-state index contributed by atoms with van der Waals surface area (Å²) >= 11 is 0. The topological polar surface area (TPSA) is 203 Å². The van der Waals surface area contributed by atoms with Crippen molar-refractivity contribution in [2.45, 2.75) is 120 Å². The monoisotopic (exact) mass is 797 g/mol. The number of amides is 4. The van der Waals surface area contributed by atoms with E-state index in [1.165, 1.54) is 11.0 Å². The molecule has 4 aliphatic rings. The highest BCUT2D eigenvalue weighted by Gasteiger charge is 2.63. The van der Waals surface area contributed by atoms with Gasteiger partial charge in [0.15, 0.2) is 11.4 Å². The average molecular weight is 798 g/mol. The quantitative estimate of drug-likeness (QED) is 0.279. The summed E-state index contributed by atoms with van der Waals surface area (Å²) in [5.74, 6) is -7.00. The van der Waals surface area contributed by atoms with E-state index in [4.69, 9.17) is 9.26 Å². The van der Waals surface area contributed by atoms with Crippen molar-refractivity contribution in [2.75, 3.05) is 6.54 Å². The first-order valence-corrected chi connectivity index (χ1v) is 20.3. The molecular weight excluding hydrogens is 753 g/mol. The van der Waals surface area contributed by atoms with Crippen LogP contribution < -0.4 is 20.1 Å². The number of benzene rings is 1. The molecule has 0 bridgehead atoms. The lowest BCUT2D eigenvalue weighted by Crippen LogP contribution is -2.58. The van der Waals surface area contributed by atoms with Crippen molar-refractivity contribution >= 4 is 44.7 Å². The molecule has 4 amide bonds. The maximum Gasteiger partial charge on any atom is 0.292 e. The number of halogens is 2. The molecule has 2 saturated carbocycles. The Morgan fingerprint density at radius 3 is 2.46 bits per heavy atom. The lowest BCUT2D eigenvalue weighted by atomic mass is 10.0. The van der Waals surface area contributed by atoms with E-state index < -0.39 is 85.5 Å². The van der Waals surface area contributed by atoms with Crippen molar-refractivity contribution in [2.24, 2.45) is 5.92 Å². The highest BCUT2D eigenvalue weighted by molar-refractivity contribution is 7.91. The number of alkyl halides is 2. The van der Waals surface area contributed by atoms with Gasteiger partial charge in [-0.3, -0.25) is 23.9 Å². The molecule has 300 valence electrons. The highest BCUT2D eigenvalue weighted by Crippen LogP contribution is 2.47. The number of hydrogen-bond donors (Lipinski definition) is 3. The molecule has 0 radical (unpaired) electrons. The maximum atomic E-state index is 15.0. The van der Waals surface area contributed by atoms with Crippen molar-refractivity contribution in [1.82, 2.24) is 35.4 Å². The molecule has 56 heavy (non-hydrogen) atoms. The summed E-state index contributed by atoms with van der Waals surface area (Å²) in [6, 6.07) is 3.97. The number of aromatic nitrogens is 3. The Morgan fingerprint density at radius 2 is 1.80 bits per heavy atom. The van der Waals surface area contributed by atoms with Gasteiger partial charge >= 0.3 is 0 Å². The SMILES string of the molecule is Cc1onc(C(=O)NC2CCCCCC=CC3CC3(C(=O)NS(=O)(=O)C3(C)CC3)NC(=O)C3CC(Oc4nc5ccccc5nc4C(C)(F)F)CN3C2=O)c1C. The van der Waals surface area contributed by atoms with E-state index in [9.17, 15) is 36.4 Å². The van der Waals surface area contributed by atoms with Crippen LogP contribution in [0.15, 0.2) is 40.9 Å². The Balaban J connectivity index is 1.23. The minimum Gasteiger partial charge on any atom is -0.471 e. The van der Waals surface area contributed by atoms with Gasteiger partial charge in [-0.05, 0) is 71.4 Å². The zero-order chi connectivity index (χ0) is 40.2. The van der Waals surface area contributed by atoms with Crippen LogP contribution in [0.5, 0.6) is 5.88 Å². The van der Waals surface area contributed by atoms with Gasteiger partial charge in [-0.2, -0.15) is 8.78 Å². The van der Waals surface area contributed by atoms with E-state index in [0.717, 1.165) is 6.42 Å². The van der Waals surface area contributed by atoms with Crippen LogP contribution in [0.3, 0.4) is 0 Å². The van der Waals surface area contributed by atoms with Gasteiger partial charge < -0.3 is 24.8 Å². The third-order valence-electron chi connectivity index (χ3n) is 11.4. The summed E-state index contributed by atoms with van der Waals surface area (Å²) in [4.78, 5) is 66.0. The zero-order valence-corrected chi connectivity index (χ0v) is 32.4. The predicted octanol–water partition coefficient (Wildman–Crippen LogP) is 3.89. The Labute approximate surface area is 322 Å². The van der Waals surface area contributed by atoms with E-state index in [0.29, 0.717) is 50.4 Å². The molecule has 3 fully saturated rings. The van der Waals surface area contributed by atoms with Crippen molar-refractivity contribution in [3.05, 3.63) is 59.1 Å². The predicted molar refractivity (Wildman–Crippen MR) is 197 cm³/mol. The molecule has 3 N–H and O–H groups in total. The number of rotatable bonds is 8. The number of nitrogens with one attached hydrogen (secondary N) is 3. The molecule has 4 heterocycles. The smallest absolute Gasteiger partial charge is 0.292 e. The minimum absolute atomic E-state index is 0.00102. The molecule has 18 heteroatoms. The van der Waals surface area contributed by atoms with Gasteiger partial charge in [-0.1, -0.05) is 42.3 Å². The summed E-state index contributed by atoms with van der Waals surface area (Å²) < 4.78 is 68.6. The van der Waals surface area contributed by atoms with Crippen LogP contribution in [0.1, 0.15) is 99.1 Å². The number of carbonyl (C=O) groups is 4. The Morgan fingerprint density at radius 1 is 1.09 bits per heavy atom. The van der Waals surface area contributed by atoms with Gasteiger partial charge in [0.25, 0.3) is 17.7 Å². The number of nitrogens with zero attached hydrogens (tertiary/aromatic N) is 4. The molecule has 5 unspecified atom stereocenters. The van der Waals surface area contributed by atoms with E-state index in [2.05, 4.69) is 30.5 Å². The molecule has 7 rings (SSSR count). The summed E-state index contributed by atoms with van der Waals surface area (Å²) in [6.07, 6.45) is 6.07. The van der Waals surface area contributed by atoms with Crippen LogP contribution >= 0.6 is 0 Å². The third kappa shape index (κ3) is 7.59. The van der Waals surface area contributed by atoms with Gasteiger partial charge in [0.2, 0.25) is 27.7 Å². The van der Waals surface area contributed by atoms with Crippen LogP contribution in [-0.4, -0.2) is 87.1 Å². The molecule has 2 aliphatic carbocycles. The number of para-hydroxylation sites is 2. The fourth-order valence-electron chi connectivity index (χ4n) is 7.31. The second-order valence-electron chi connectivity index (χ2n) is 15.7. The lowest BCUT2D eigenvalue weighted by Gasteiger charge is -2.30. The van der Waals surface area contributed by atoms with Gasteiger partial charge in [0.1, 0.15) is 29.5 Å². The van der Waals surface area contributed by atoms with Crippen LogP contribution in [0.25, 0.3) is 11.0 Å². The normalized spacial score (nSPS) is 26.6. The maximum absolute atomic E-state index is 15.0. The fraction of sp³-hybridized carbons (Fsp3) is 0.553. The number of fused-ring (bicyclic) bond motifs is 3. The first kappa shape index (κ1) is 39.2. The number of hydrogen-bond acceptors (Lipinski definition) is 11. The number of sulfonamides is 1. The molecule has 0 spiro atoms. The summed E-state index contributed by atoms with van der Waals surface area (Å²) in [5.41, 5.74) is -1.36. The first-order chi connectivity index (χ1) is 26.4. The molecular formula is C38H45F2N7O8S. The Bertz CT molecular complexity index is 2220. The molecule has 1 aromatic carbocycles. The molecule has 2 aliphatic heterocycles. The van der Waals surface area contributed by atoms with E-state index in [-0.39, 0.29) is 42.5 Å². The molecule has 1 saturated heterocycles. The van der Waals surface area contributed by atoms with Crippen LogP contribution in [0.2, 0.25) is 0 Å².